The molecular formula is C15H16N2O5S. The van der Waals surface area contributed by atoms with Crippen LogP contribution in [0.15, 0.2) is 47.4 Å². The third-order valence-electron chi connectivity index (χ3n) is 3.14. The molecule has 0 aliphatic rings. The van der Waals surface area contributed by atoms with Gasteiger partial charge in [0.15, 0.2) is 0 Å². The summed E-state index contributed by atoms with van der Waals surface area (Å²) < 4.78 is 32.7. The zero-order valence-corrected chi connectivity index (χ0v) is 13.5. The van der Waals surface area contributed by atoms with Gasteiger partial charge in [0.05, 0.1) is 22.1 Å². The van der Waals surface area contributed by atoms with E-state index in [-0.39, 0.29) is 16.1 Å². The molecule has 7 nitrogen and oxygen atoms in total. The van der Waals surface area contributed by atoms with Crippen LogP contribution in [0.4, 0.5) is 11.4 Å². The summed E-state index contributed by atoms with van der Waals surface area (Å²) in [5, 5.41) is 10.9. The van der Waals surface area contributed by atoms with E-state index in [4.69, 9.17) is 4.74 Å². The van der Waals surface area contributed by atoms with Gasteiger partial charge in [0.2, 0.25) is 0 Å². The molecule has 0 unspecified atom stereocenters. The Bertz CT molecular complexity index is 834. The second-order valence-corrected chi connectivity index (χ2v) is 6.37. The summed E-state index contributed by atoms with van der Waals surface area (Å²) in [5.74, 6) is 0.531. The van der Waals surface area contributed by atoms with Crippen molar-refractivity contribution in [3.8, 4) is 5.75 Å². The molecule has 2 rings (SSSR count). The standard InChI is InChI=1S/C15H16N2O5S/c1-3-22-13-7-4-6-12(10-13)16-23(20,21)15-9-5-8-14(11(15)2)17(18)19/h4-10,16H,3H2,1-2H3. The van der Waals surface area contributed by atoms with Crippen molar-refractivity contribution in [2.24, 2.45) is 0 Å². The van der Waals surface area contributed by atoms with Crippen LogP contribution in [0.5, 0.6) is 5.75 Å². The second kappa shape index (κ2) is 6.66. The number of sulfonamides is 1. The summed E-state index contributed by atoms with van der Waals surface area (Å²) in [4.78, 5) is 10.2. The molecule has 0 aromatic heterocycles. The quantitative estimate of drug-likeness (QED) is 0.645. The lowest BCUT2D eigenvalue weighted by Gasteiger charge is -2.11. The molecule has 0 saturated carbocycles. The van der Waals surface area contributed by atoms with E-state index >= 15 is 0 Å². The van der Waals surface area contributed by atoms with Crippen molar-refractivity contribution in [1.82, 2.24) is 0 Å². The SMILES string of the molecule is CCOc1cccc(NS(=O)(=O)c2cccc([N+](=O)[O-])c2C)c1. The molecule has 2 aromatic carbocycles. The van der Waals surface area contributed by atoms with Crippen LogP contribution in [-0.2, 0) is 10.0 Å². The Morgan fingerprint density at radius 1 is 1.22 bits per heavy atom. The van der Waals surface area contributed by atoms with E-state index in [1.54, 1.807) is 24.3 Å². The molecule has 122 valence electrons. The van der Waals surface area contributed by atoms with Crippen LogP contribution in [0.2, 0.25) is 0 Å². The Labute approximate surface area is 134 Å². The van der Waals surface area contributed by atoms with Crippen LogP contribution in [0.25, 0.3) is 0 Å². The monoisotopic (exact) mass is 336 g/mol. The molecule has 1 N–H and O–H groups in total. The average molecular weight is 336 g/mol. The van der Waals surface area contributed by atoms with E-state index in [1.807, 2.05) is 6.92 Å². The molecule has 0 radical (unpaired) electrons. The molecule has 0 bridgehead atoms. The van der Waals surface area contributed by atoms with Gasteiger partial charge in [0.25, 0.3) is 15.7 Å². The van der Waals surface area contributed by atoms with Crippen molar-refractivity contribution in [3.05, 3.63) is 58.1 Å². The zero-order chi connectivity index (χ0) is 17.0. The van der Waals surface area contributed by atoms with Gasteiger partial charge in [-0.3, -0.25) is 14.8 Å². The maximum atomic E-state index is 12.5. The summed E-state index contributed by atoms with van der Waals surface area (Å²) in [6.45, 7) is 3.69. The van der Waals surface area contributed by atoms with Gasteiger partial charge >= 0.3 is 0 Å². The van der Waals surface area contributed by atoms with Gasteiger partial charge in [-0.1, -0.05) is 12.1 Å². The number of nitro benzene ring substituents is 1. The number of hydrogen-bond acceptors (Lipinski definition) is 5. The van der Waals surface area contributed by atoms with Gasteiger partial charge < -0.3 is 4.74 Å². The van der Waals surface area contributed by atoms with Crippen molar-refractivity contribution in [3.63, 3.8) is 0 Å². The number of anilines is 1. The van der Waals surface area contributed by atoms with Gasteiger partial charge in [-0.05, 0) is 32.0 Å². The van der Waals surface area contributed by atoms with E-state index in [0.717, 1.165) is 0 Å². The van der Waals surface area contributed by atoms with Gasteiger partial charge in [-0.2, -0.15) is 0 Å². The van der Waals surface area contributed by atoms with Crippen molar-refractivity contribution in [2.75, 3.05) is 11.3 Å². The topological polar surface area (TPSA) is 98.5 Å². The highest BCUT2D eigenvalue weighted by Gasteiger charge is 2.23. The van der Waals surface area contributed by atoms with Crippen molar-refractivity contribution in [1.29, 1.82) is 0 Å². The third-order valence-corrected chi connectivity index (χ3v) is 4.66. The second-order valence-electron chi connectivity index (χ2n) is 4.72. The predicted octanol–water partition coefficient (Wildman–Crippen LogP) is 3.10. The van der Waals surface area contributed by atoms with Gasteiger partial charge in [0.1, 0.15) is 5.75 Å². The van der Waals surface area contributed by atoms with Gasteiger partial charge in [-0.15, -0.1) is 0 Å². The van der Waals surface area contributed by atoms with Crippen molar-refractivity contribution in [2.45, 2.75) is 18.7 Å². The van der Waals surface area contributed by atoms with Gasteiger partial charge in [0, 0.05) is 17.7 Å². The number of rotatable bonds is 6. The van der Waals surface area contributed by atoms with E-state index in [0.29, 0.717) is 18.0 Å². The van der Waals surface area contributed by atoms with Crippen LogP contribution in [0, 0.1) is 17.0 Å². The molecular weight excluding hydrogens is 320 g/mol. The highest BCUT2D eigenvalue weighted by Crippen LogP contribution is 2.27. The summed E-state index contributed by atoms with van der Waals surface area (Å²) in [5.41, 5.74) is 0.170. The highest BCUT2D eigenvalue weighted by molar-refractivity contribution is 7.92. The molecule has 0 atom stereocenters. The average Bonchev–Trinajstić information content (AvgIpc) is 2.47. The Hall–Kier alpha value is -2.61. The molecule has 0 aliphatic heterocycles. The molecule has 0 heterocycles. The van der Waals surface area contributed by atoms with Crippen LogP contribution >= 0.6 is 0 Å². The number of nitrogens with one attached hydrogen (secondary N) is 1. The first kappa shape index (κ1) is 16.8. The van der Waals surface area contributed by atoms with E-state index < -0.39 is 14.9 Å². The molecule has 0 aliphatic carbocycles. The first-order valence-corrected chi connectivity index (χ1v) is 8.33. The largest absolute Gasteiger partial charge is 0.494 e. The normalized spacial score (nSPS) is 11.0. The lowest BCUT2D eigenvalue weighted by atomic mass is 10.2. The smallest absolute Gasteiger partial charge is 0.273 e. The maximum Gasteiger partial charge on any atom is 0.273 e. The summed E-state index contributed by atoms with van der Waals surface area (Å²) in [7, 11) is -3.94. The fourth-order valence-corrected chi connectivity index (χ4v) is 3.43. The minimum Gasteiger partial charge on any atom is -0.494 e. The molecule has 0 saturated heterocycles. The van der Waals surface area contributed by atoms with E-state index in [9.17, 15) is 18.5 Å². The highest BCUT2D eigenvalue weighted by atomic mass is 32.2. The van der Waals surface area contributed by atoms with Crippen LogP contribution < -0.4 is 9.46 Å². The fourth-order valence-electron chi connectivity index (χ4n) is 2.12. The summed E-state index contributed by atoms with van der Waals surface area (Å²) >= 11 is 0. The minimum absolute atomic E-state index is 0.0889. The number of nitro groups is 1. The number of ether oxygens (including phenoxy) is 1. The first-order valence-electron chi connectivity index (χ1n) is 6.85. The van der Waals surface area contributed by atoms with Crippen molar-refractivity contribution < 1.29 is 18.1 Å². The molecule has 2 aromatic rings. The molecule has 0 spiro atoms. The number of nitrogens with zero attached hydrogens (tertiary/aromatic N) is 1. The zero-order valence-electron chi connectivity index (χ0n) is 12.6. The number of benzene rings is 2. The lowest BCUT2D eigenvalue weighted by molar-refractivity contribution is -0.385. The van der Waals surface area contributed by atoms with E-state index in [2.05, 4.69) is 4.72 Å². The maximum absolute atomic E-state index is 12.5. The van der Waals surface area contributed by atoms with Crippen LogP contribution in [0.1, 0.15) is 12.5 Å². The van der Waals surface area contributed by atoms with Crippen molar-refractivity contribution >= 4 is 21.4 Å². The fraction of sp³-hybridized carbons (Fsp3) is 0.200. The Balaban J connectivity index is 2.38. The minimum atomic E-state index is -3.94. The Kier molecular flexibility index (Phi) is 4.85. The third kappa shape index (κ3) is 3.78. The Morgan fingerprint density at radius 3 is 2.57 bits per heavy atom. The first-order chi connectivity index (χ1) is 10.8. The Morgan fingerprint density at radius 2 is 1.91 bits per heavy atom. The predicted molar refractivity (Wildman–Crippen MR) is 86.3 cm³/mol. The summed E-state index contributed by atoms with van der Waals surface area (Å²) in [6.07, 6.45) is 0. The van der Waals surface area contributed by atoms with Crippen LogP contribution in [-0.4, -0.2) is 19.9 Å². The molecule has 0 fully saturated rings. The van der Waals surface area contributed by atoms with E-state index in [1.165, 1.54) is 25.1 Å². The molecule has 23 heavy (non-hydrogen) atoms. The summed E-state index contributed by atoms with van der Waals surface area (Å²) in [6, 6.07) is 10.4. The molecule has 8 heteroatoms. The van der Waals surface area contributed by atoms with Crippen LogP contribution in [0.3, 0.4) is 0 Å². The lowest BCUT2D eigenvalue weighted by Crippen LogP contribution is -2.15. The van der Waals surface area contributed by atoms with Gasteiger partial charge in [-0.25, -0.2) is 8.42 Å². The number of hydrogen-bond donors (Lipinski definition) is 1. The molecule has 0 amide bonds.